The molecule has 0 aliphatic rings. The quantitative estimate of drug-likeness (QED) is 0.793. The van der Waals surface area contributed by atoms with Gasteiger partial charge in [-0.25, -0.2) is 0 Å². The fraction of sp³-hybridized carbons (Fsp3) is 0.214. The van der Waals surface area contributed by atoms with Crippen molar-refractivity contribution in [1.29, 1.82) is 0 Å². The minimum atomic E-state index is 0.178. The van der Waals surface area contributed by atoms with Gasteiger partial charge in [-0.2, -0.15) is 0 Å². The van der Waals surface area contributed by atoms with Gasteiger partial charge in [0.15, 0.2) is 5.78 Å². The zero-order chi connectivity index (χ0) is 11.5. The van der Waals surface area contributed by atoms with Crippen LogP contribution < -0.4 is 0 Å². The van der Waals surface area contributed by atoms with Crippen molar-refractivity contribution in [2.24, 2.45) is 0 Å². The molecule has 2 heteroatoms. The largest absolute Gasteiger partial charge is 0.508 e. The van der Waals surface area contributed by atoms with Crippen molar-refractivity contribution in [2.45, 2.75) is 19.8 Å². The highest BCUT2D eigenvalue weighted by Gasteiger charge is 2.05. The lowest BCUT2D eigenvalue weighted by atomic mass is 10.0. The van der Waals surface area contributed by atoms with Gasteiger partial charge in [0.25, 0.3) is 0 Å². The van der Waals surface area contributed by atoms with Crippen molar-refractivity contribution in [3.05, 3.63) is 42.0 Å². The van der Waals surface area contributed by atoms with Crippen molar-refractivity contribution < 1.29 is 9.90 Å². The third-order valence-corrected chi connectivity index (χ3v) is 2.62. The number of carbonyl (C=O) groups is 1. The minimum absolute atomic E-state index is 0.178. The number of hydrogen-bond donors (Lipinski definition) is 1. The fourth-order valence-corrected chi connectivity index (χ4v) is 1.78. The SMILES string of the molecule is CCCC(=O)c1ccc2cc(O)ccc2c1. The van der Waals surface area contributed by atoms with Crippen LogP contribution in [0.25, 0.3) is 10.8 Å². The third-order valence-electron chi connectivity index (χ3n) is 2.62. The first-order chi connectivity index (χ1) is 7.70. The highest BCUT2D eigenvalue weighted by atomic mass is 16.3. The van der Waals surface area contributed by atoms with Gasteiger partial charge in [-0.1, -0.05) is 25.1 Å². The van der Waals surface area contributed by atoms with Crippen LogP contribution >= 0.6 is 0 Å². The van der Waals surface area contributed by atoms with E-state index >= 15 is 0 Å². The Kier molecular flexibility index (Phi) is 2.91. The van der Waals surface area contributed by atoms with Crippen molar-refractivity contribution in [3.63, 3.8) is 0 Å². The predicted octanol–water partition coefficient (Wildman–Crippen LogP) is 3.53. The maximum Gasteiger partial charge on any atom is 0.162 e. The van der Waals surface area contributed by atoms with Crippen LogP contribution in [0.4, 0.5) is 0 Å². The molecular weight excluding hydrogens is 200 g/mol. The van der Waals surface area contributed by atoms with Crippen molar-refractivity contribution in [2.75, 3.05) is 0 Å². The Bertz CT molecular complexity index is 529. The third kappa shape index (κ3) is 2.06. The van der Waals surface area contributed by atoms with E-state index in [1.807, 2.05) is 31.2 Å². The highest BCUT2D eigenvalue weighted by Crippen LogP contribution is 2.21. The number of carbonyl (C=O) groups excluding carboxylic acids is 1. The second-order valence-electron chi connectivity index (χ2n) is 3.92. The second-order valence-corrected chi connectivity index (χ2v) is 3.92. The summed E-state index contributed by atoms with van der Waals surface area (Å²) in [5, 5.41) is 11.3. The van der Waals surface area contributed by atoms with E-state index in [4.69, 9.17) is 0 Å². The normalized spacial score (nSPS) is 10.6. The summed E-state index contributed by atoms with van der Waals surface area (Å²) in [5.41, 5.74) is 0.750. The van der Waals surface area contributed by atoms with Gasteiger partial charge in [-0.15, -0.1) is 0 Å². The molecule has 0 aliphatic heterocycles. The first-order valence-corrected chi connectivity index (χ1v) is 5.46. The molecule has 2 rings (SSSR count). The van der Waals surface area contributed by atoms with Crippen LogP contribution in [0.5, 0.6) is 5.75 Å². The van der Waals surface area contributed by atoms with Crippen LogP contribution in [0.3, 0.4) is 0 Å². The Labute approximate surface area is 94.5 Å². The Morgan fingerprint density at radius 2 is 1.81 bits per heavy atom. The van der Waals surface area contributed by atoms with E-state index in [0.29, 0.717) is 6.42 Å². The van der Waals surface area contributed by atoms with E-state index in [-0.39, 0.29) is 11.5 Å². The van der Waals surface area contributed by atoms with E-state index in [1.54, 1.807) is 12.1 Å². The summed E-state index contributed by atoms with van der Waals surface area (Å²) in [6.45, 7) is 2.00. The van der Waals surface area contributed by atoms with Gasteiger partial charge in [0, 0.05) is 12.0 Å². The predicted molar refractivity (Wildman–Crippen MR) is 64.9 cm³/mol. The summed E-state index contributed by atoms with van der Waals surface area (Å²) < 4.78 is 0. The molecule has 0 aromatic heterocycles. The number of phenolic OH excluding ortho intramolecular Hbond substituents is 1. The average Bonchev–Trinajstić information content (AvgIpc) is 2.28. The van der Waals surface area contributed by atoms with Gasteiger partial charge in [-0.3, -0.25) is 4.79 Å². The maximum atomic E-state index is 11.7. The van der Waals surface area contributed by atoms with Gasteiger partial charge < -0.3 is 5.11 Å². The number of fused-ring (bicyclic) bond motifs is 1. The van der Waals surface area contributed by atoms with Crippen LogP contribution in [-0.2, 0) is 0 Å². The lowest BCUT2D eigenvalue weighted by molar-refractivity contribution is 0.0982. The van der Waals surface area contributed by atoms with Crippen molar-refractivity contribution in [1.82, 2.24) is 0 Å². The molecule has 2 nitrogen and oxygen atoms in total. The molecular formula is C14H14O2. The molecule has 0 saturated heterocycles. The van der Waals surface area contributed by atoms with Crippen LogP contribution in [0, 0.1) is 0 Å². The fourth-order valence-electron chi connectivity index (χ4n) is 1.78. The average molecular weight is 214 g/mol. The van der Waals surface area contributed by atoms with Gasteiger partial charge >= 0.3 is 0 Å². The van der Waals surface area contributed by atoms with Crippen LogP contribution in [0.1, 0.15) is 30.1 Å². The number of phenols is 1. The number of benzene rings is 2. The molecule has 82 valence electrons. The van der Waals surface area contributed by atoms with Crippen LogP contribution in [0.15, 0.2) is 36.4 Å². The van der Waals surface area contributed by atoms with E-state index in [9.17, 15) is 9.90 Å². The maximum absolute atomic E-state index is 11.7. The zero-order valence-corrected chi connectivity index (χ0v) is 9.23. The number of aromatic hydroxyl groups is 1. The minimum Gasteiger partial charge on any atom is -0.508 e. The van der Waals surface area contributed by atoms with Crippen LogP contribution in [0.2, 0.25) is 0 Å². The molecule has 0 spiro atoms. The molecule has 0 unspecified atom stereocenters. The van der Waals surface area contributed by atoms with E-state index in [2.05, 4.69) is 0 Å². The summed E-state index contributed by atoms with van der Waals surface area (Å²) in [6, 6.07) is 10.7. The Morgan fingerprint density at radius 1 is 1.12 bits per heavy atom. The van der Waals surface area contributed by atoms with Gasteiger partial charge in [0.1, 0.15) is 5.75 Å². The Balaban J connectivity index is 2.44. The molecule has 0 heterocycles. The summed E-state index contributed by atoms with van der Waals surface area (Å²) in [7, 11) is 0. The lowest BCUT2D eigenvalue weighted by Crippen LogP contribution is -1.97. The molecule has 2 aromatic rings. The highest BCUT2D eigenvalue weighted by molar-refractivity contribution is 6.00. The molecule has 0 saturated carbocycles. The van der Waals surface area contributed by atoms with E-state index in [1.165, 1.54) is 0 Å². The van der Waals surface area contributed by atoms with Crippen molar-refractivity contribution in [3.8, 4) is 5.75 Å². The molecule has 0 bridgehead atoms. The molecule has 2 aromatic carbocycles. The number of hydrogen-bond acceptors (Lipinski definition) is 2. The molecule has 0 atom stereocenters. The number of Topliss-reactive ketones (excluding diaryl/α,β-unsaturated/α-hetero) is 1. The molecule has 0 aliphatic carbocycles. The van der Waals surface area contributed by atoms with Gasteiger partial charge in [0.05, 0.1) is 0 Å². The summed E-state index contributed by atoms with van der Waals surface area (Å²) in [6.07, 6.45) is 1.45. The van der Waals surface area contributed by atoms with Gasteiger partial charge in [-0.05, 0) is 35.4 Å². The van der Waals surface area contributed by atoms with E-state index < -0.39 is 0 Å². The van der Waals surface area contributed by atoms with E-state index in [0.717, 1.165) is 22.8 Å². The summed E-state index contributed by atoms with van der Waals surface area (Å²) >= 11 is 0. The number of ketones is 1. The lowest BCUT2D eigenvalue weighted by Gasteiger charge is -2.02. The molecule has 0 radical (unpaired) electrons. The monoisotopic (exact) mass is 214 g/mol. The second kappa shape index (κ2) is 4.35. The molecule has 0 fully saturated rings. The summed E-state index contributed by atoms with van der Waals surface area (Å²) in [4.78, 5) is 11.7. The number of rotatable bonds is 3. The topological polar surface area (TPSA) is 37.3 Å². The Morgan fingerprint density at radius 3 is 2.56 bits per heavy atom. The van der Waals surface area contributed by atoms with Crippen molar-refractivity contribution >= 4 is 16.6 Å². The summed E-state index contributed by atoms with van der Waals surface area (Å²) in [5.74, 6) is 0.428. The molecule has 16 heavy (non-hydrogen) atoms. The van der Waals surface area contributed by atoms with Crippen LogP contribution in [-0.4, -0.2) is 10.9 Å². The van der Waals surface area contributed by atoms with Gasteiger partial charge in [0.2, 0.25) is 0 Å². The standard InChI is InChI=1S/C14H14O2/c1-2-3-14(16)12-5-4-11-9-13(15)7-6-10(11)8-12/h4-9,15H,2-3H2,1H3. The molecule has 1 N–H and O–H groups in total. The Hall–Kier alpha value is -1.83. The smallest absolute Gasteiger partial charge is 0.162 e. The molecule has 0 amide bonds. The first-order valence-electron chi connectivity index (χ1n) is 5.46. The zero-order valence-electron chi connectivity index (χ0n) is 9.23. The first kappa shape index (κ1) is 10.7.